The highest BCUT2D eigenvalue weighted by Crippen LogP contribution is 2.35. The minimum Gasteiger partial charge on any atom is -0.382 e. The van der Waals surface area contributed by atoms with Crippen molar-refractivity contribution in [2.75, 3.05) is 19.1 Å². The maximum absolute atomic E-state index is 12.4. The third-order valence-corrected chi connectivity index (χ3v) is 7.12. The molecular weight excluding hydrogens is 457 g/mol. The number of aromatic nitrogens is 5. The number of halogens is 1. The van der Waals surface area contributed by atoms with Gasteiger partial charge >= 0.3 is 0 Å². The molecule has 2 aromatic carbocycles. The molecular formula is C23H21ClN7OP. The Morgan fingerprint density at radius 1 is 1.18 bits per heavy atom. The van der Waals surface area contributed by atoms with Crippen LogP contribution >= 0.6 is 18.7 Å². The van der Waals surface area contributed by atoms with Crippen LogP contribution in [0, 0.1) is 18.3 Å². The van der Waals surface area contributed by atoms with Crippen molar-refractivity contribution < 1.29 is 4.57 Å². The molecule has 0 radical (unpaired) electrons. The number of hydrogen-bond acceptors (Lipinski definition) is 7. The summed E-state index contributed by atoms with van der Waals surface area (Å²) in [6, 6.07) is 15.1. The van der Waals surface area contributed by atoms with Gasteiger partial charge in [0.2, 0.25) is 0 Å². The monoisotopic (exact) mass is 477 g/mol. The van der Waals surface area contributed by atoms with Crippen molar-refractivity contribution in [1.29, 1.82) is 5.26 Å². The van der Waals surface area contributed by atoms with Gasteiger partial charge in [0.05, 0.1) is 24.4 Å². The van der Waals surface area contributed by atoms with Gasteiger partial charge in [-0.25, -0.2) is 14.6 Å². The minimum absolute atomic E-state index is 0.113. The van der Waals surface area contributed by atoms with E-state index in [-0.39, 0.29) is 10.8 Å². The Morgan fingerprint density at radius 2 is 1.94 bits per heavy atom. The van der Waals surface area contributed by atoms with E-state index in [9.17, 15) is 9.83 Å². The fourth-order valence-electron chi connectivity index (χ4n) is 3.41. The van der Waals surface area contributed by atoms with E-state index in [2.05, 4.69) is 26.3 Å². The second-order valence-corrected chi connectivity index (χ2v) is 11.6. The van der Waals surface area contributed by atoms with Gasteiger partial charge in [-0.1, -0.05) is 47.1 Å². The molecule has 2 heterocycles. The van der Waals surface area contributed by atoms with Gasteiger partial charge in [-0.15, -0.1) is 5.10 Å². The molecule has 4 aromatic rings. The van der Waals surface area contributed by atoms with Gasteiger partial charge in [0.25, 0.3) is 0 Å². The normalized spacial score (nSPS) is 11.4. The molecule has 2 aromatic heterocycles. The number of benzene rings is 2. The first-order valence-electron chi connectivity index (χ1n) is 10.1. The maximum atomic E-state index is 12.4. The summed E-state index contributed by atoms with van der Waals surface area (Å²) >= 11 is 6.42. The molecule has 0 atom stereocenters. The molecule has 2 N–H and O–H groups in total. The Labute approximate surface area is 196 Å². The summed E-state index contributed by atoms with van der Waals surface area (Å²) < 4.78 is 14.1. The Morgan fingerprint density at radius 3 is 2.67 bits per heavy atom. The van der Waals surface area contributed by atoms with E-state index in [0.717, 1.165) is 16.4 Å². The third kappa shape index (κ3) is 4.65. The number of nitriles is 1. The summed E-state index contributed by atoms with van der Waals surface area (Å²) in [7, 11) is -2.36. The zero-order valence-electron chi connectivity index (χ0n) is 18.3. The standard InChI is InChI=1S/C23H21ClN7OP/c1-14-16(11-25)7-5-9-18(14)23-27-21(20(24)22(26)28-23)19-13-31(30-29-19)12-15-6-4-8-17(10-15)33(2,3)32/h4-10,13H,12H2,1-3H3,(H2,26,27,28). The number of nitrogens with zero attached hydrogens (tertiary/aromatic N) is 6. The van der Waals surface area contributed by atoms with Crippen molar-refractivity contribution in [3.05, 3.63) is 70.4 Å². The van der Waals surface area contributed by atoms with E-state index < -0.39 is 7.14 Å². The third-order valence-electron chi connectivity index (χ3n) is 5.23. The number of hydrogen-bond donors (Lipinski definition) is 1. The van der Waals surface area contributed by atoms with Crippen molar-refractivity contribution in [1.82, 2.24) is 25.0 Å². The molecule has 0 aliphatic carbocycles. The Bertz CT molecular complexity index is 1450. The lowest BCUT2D eigenvalue weighted by atomic mass is 10.0. The first-order valence-corrected chi connectivity index (χ1v) is 13.0. The summed E-state index contributed by atoms with van der Waals surface area (Å²) in [5.41, 5.74) is 9.79. The first kappa shape index (κ1) is 22.7. The number of nitrogen functional groups attached to an aromatic ring is 1. The van der Waals surface area contributed by atoms with Crippen LogP contribution in [-0.2, 0) is 11.1 Å². The largest absolute Gasteiger partial charge is 0.382 e. The van der Waals surface area contributed by atoms with Gasteiger partial charge in [-0.05, 0) is 43.5 Å². The Hall–Kier alpha value is -3.53. The highest BCUT2D eigenvalue weighted by Gasteiger charge is 2.18. The molecule has 0 aliphatic heterocycles. The number of rotatable bonds is 5. The average Bonchev–Trinajstić information content (AvgIpc) is 3.23. The van der Waals surface area contributed by atoms with Gasteiger partial charge in [0, 0.05) is 10.9 Å². The fourth-order valence-corrected chi connectivity index (χ4v) is 4.52. The molecule has 4 rings (SSSR count). The fraction of sp³-hybridized carbons (Fsp3) is 0.174. The number of nitrogens with two attached hydrogens (primary N) is 1. The second-order valence-electron chi connectivity index (χ2n) is 8.01. The molecule has 33 heavy (non-hydrogen) atoms. The maximum Gasteiger partial charge on any atom is 0.162 e. The van der Waals surface area contributed by atoms with Crippen LogP contribution in [0.1, 0.15) is 16.7 Å². The van der Waals surface area contributed by atoms with Crippen LogP contribution in [0.2, 0.25) is 5.02 Å². The molecule has 0 fully saturated rings. The highest BCUT2D eigenvalue weighted by molar-refractivity contribution is 7.70. The van der Waals surface area contributed by atoms with Gasteiger partial charge in [0.1, 0.15) is 29.4 Å². The highest BCUT2D eigenvalue weighted by atomic mass is 35.5. The molecule has 0 bridgehead atoms. The Balaban J connectivity index is 1.70. The lowest BCUT2D eigenvalue weighted by Gasteiger charge is -2.10. The molecule has 0 spiro atoms. The van der Waals surface area contributed by atoms with Crippen molar-refractivity contribution in [2.45, 2.75) is 13.5 Å². The first-order chi connectivity index (χ1) is 15.7. The zero-order chi connectivity index (χ0) is 23.8. The van der Waals surface area contributed by atoms with Crippen LogP contribution in [0.25, 0.3) is 22.8 Å². The molecule has 0 aliphatic rings. The second kappa shape index (κ2) is 8.78. The van der Waals surface area contributed by atoms with E-state index in [1.165, 1.54) is 0 Å². The van der Waals surface area contributed by atoms with Crippen molar-refractivity contribution in [3.63, 3.8) is 0 Å². The molecule has 10 heteroatoms. The Kier molecular flexibility index (Phi) is 6.03. The molecule has 0 unspecified atom stereocenters. The molecule has 8 nitrogen and oxygen atoms in total. The van der Waals surface area contributed by atoms with Crippen molar-refractivity contribution >= 4 is 29.9 Å². The van der Waals surface area contributed by atoms with E-state index in [1.54, 1.807) is 36.3 Å². The predicted octanol–water partition coefficient (Wildman–Crippen LogP) is 4.11. The van der Waals surface area contributed by atoms with Crippen molar-refractivity contribution in [3.8, 4) is 28.8 Å². The van der Waals surface area contributed by atoms with Crippen LogP contribution < -0.4 is 11.0 Å². The van der Waals surface area contributed by atoms with Crippen LogP contribution in [0.5, 0.6) is 0 Å². The molecule has 166 valence electrons. The zero-order valence-corrected chi connectivity index (χ0v) is 20.0. The molecule has 0 amide bonds. The van der Waals surface area contributed by atoms with E-state index in [1.807, 2.05) is 37.3 Å². The van der Waals surface area contributed by atoms with E-state index >= 15 is 0 Å². The van der Waals surface area contributed by atoms with Crippen LogP contribution in [0.3, 0.4) is 0 Å². The summed E-state index contributed by atoms with van der Waals surface area (Å²) in [5.74, 6) is 0.465. The van der Waals surface area contributed by atoms with Crippen LogP contribution in [0.4, 0.5) is 5.82 Å². The van der Waals surface area contributed by atoms with Gasteiger partial charge in [-0.2, -0.15) is 5.26 Å². The van der Waals surface area contributed by atoms with Gasteiger partial charge in [0.15, 0.2) is 5.82 Å². The quantitative estimate of drug-likeness (QED) is 0.429. The van der Waals surface area contributed by atoms with Crippen LogP contribution in [-0.4, -0.2) is 38.3 Å². The SMILES string of the molecule is Cc1c(C#N)cccc1-c1nc(N)c(Cl)c(-c2cn(Cc3cccc(P(C)(C)=O)c3)nn2)n1. The topological polar surface area (TPSA) is 123 Å². The summed E-state index contributed by atoms with van der Waals surface area (Å²) in [5, 5.41) is 18.7. The number of anilines is 1. The summed E-state index contributed by atoms with van der Waals surface area (Å²) in [6.45, 7) is 5.76. The molecule has 0 saturated carbocycles. The predicted molar refractivity (Wildman–Crippen MR) is 130 cm³/mol. The van der Waals surface area contributed by atoms with Crippen molar-refractivity contribution in [2.24, 2.45) is 0 Å². The molecule has 0 saturated heterocycles. The van der Waals surface area contributed by atoms with Gasteiger partial charge < -0.3 is 10.3 Å². The summed E-state index contributed by atoms with van der Waals surface area (Å²) in [4.78, 5) is 8.91. The minimum atomic E-state index is -2.36. The average molecular weight is 478 g/mol. The smallest absolute Gasteiger partial charge is 0.162 e. The lowest BCUT2D eigenvalue weighted by Crippen LogP contribution is -2.07. The van der Waals surface area contributed by atoms with Gasteiger partial charge in [-0.3, -0.25) is 0 Å². The van der Waals surface area contributed by atoms with E-state index in [4.69, 9.17) is 17.3 Å². The lowest BCUT2D eigenvalue weighted by molar-refractivity contribution is 0.588. The van der Waals surface area contributed by atoms with Crippen LogP contribution in [0.15, 0.2) is 48.7 Å². The van der Waals surface area contributed by atoms with E-state index in [0.29, 0.717) is 34.9 Å². The summed E-state index contributed by atoms with van der Waals surface area (Å²) in [6.07, 6.45) is 1.72.